The number of methoxy groups -OCH3 is 1. The monoisotopic (exact) mass is 282 g/mol. The zero-order valence-electron chi connectivity index (χ0n) is 11.7. The summed E-state index contributed by atoms with van der Waals surface area (Å²) in [6, 6.07) is 12.8. The summed E-state index contributed by atoms with van der Waals surface area (Å²) in [5, 5.41) is 13.6. The van der Waals surface area contributed by atoms with Crippen molar-refractivity contribution in [2.75, 3.05) is 7.11 Å². The van der Waals surface area contributed by atoms with Gasteiger partial charge in [-0.05, 0) is 25.1 Å². The fourth-order valence-electron chi connectivity index (χ4n) is 1.97. The second-order valence-corrected chi connectivity index (χ2v) is 4.68. The number of benzene rings is 2. The molecule has 3 aromatic rings. The molecule has 106 valence electrons. The molecule has 1 aromatic heterocycles. The van der Waals surface area contributed by atoms with Crippen LogP contribution in [0.4, 0.5) is 0 Å². The van der Waals surface area contributed by atoms with E-state index in [1.54, 1.807) is 12.1 Å². The number of hydrogen-bond donors (Lipinski definition) is 1. The molecule has 0 aliphatic carbocycles. The predicted octanol–water partition coefficient (Wildman–Crippen LogP) is 3.43. The van der Waals surface area contributed by atoms with Crippen LogP contribution in [-0.2, 0) is 0 Å². The first-order valence-corrected chi connectivity index (χ1v) is 6.45. The van der Waals surface area contributed by atoms with Crippen LogP contribution in [0.3, 0.4) is 0 Å². The molecule has 2 aromatic carbocycles. The van der Waals surface area contributed by atoms with Gasteiger partial charge in [-0.15, -0.1) is 0 Å². The van der Waals surface area contributed by atoms with E-state index in [1.807, 2.05) is 31.2 Å². The minimum Gasteiger partial charge on any atom is -0.504 e. The molecular weight excluding hydrogens is 268 g/mol. The van der Waals surface area contributed by atoms with E-state index < -0.39 is 0 Å². The van der Waals surface area contributed by atoms with E-state index in [2.05, 4.69) is 10.1 Å². The molecule has 0 fully saturated rings. The maximum Gasteiger partial charge on any atom is 0.258 e. The van der Waals surface area contributed by atoms with Crippen molar-refractivity contribution >= 4 is 0 Å². The first-order chi connectivity index (χ1) is 10.2. The molecule has 0 aliphatic heterocycles. The minimum atomic E-state index is 0.0690. The summed E-state index contributed by atoms with van der Waals surface area (Å²) in [6.07, 6.45) is 0. The Morgan fingerprint density at radius 1 is 1.05 bits per heavy atom. The lowest BCUT2D eigenvalue weighted by Crippen LogP contribution is -1.85. The van der Waals surface area contributed by atoms with E-state index >= 15 is 0 Å². The molecule has 0 atom stereocenters. The van der Waals surface area contributed by atoms with Crippen LogP contribution in [-0.4, -0.2) is 22.4 Å². The average molecular weight is 282 g/mol. The molecule has 0 radical (unpaired) electrons. The van der Waals surface area contributed by atoms with Gasteiger partial charge in [0.1, 0.15) is 0 Å². The third-order valence-corrected chi connectivity index (χ3v) is 3.16. The van der Waals surface area contributed by atoms with Crippen molar-refractivity contribution in [3.63, 3.8) is 0 Å². The summed E-state index contributed by atoms with van der Waals surface area (Å²) in [7, 11) is 1.49. The van der Waals surface area contributed by atoms with Crippen LogP contribution in [0.1, 0.15) is 5.56 Å². The van der Waals surface area contributed by atoms with Crippen LogP contribution in [0.15, 0.2) is 47.0 Å². The van der Waals surface area contributed by atoms with Crippen LogP contribution in [0.5, 0.6) is 11.5 Å². The van der Waals surface area contributed by atoms with Crippen molar-refractivity contribution in [2.24, 2.45) is 0 Å². The first kappa shape index (κ1) is 13.2. The third-order valence-electron chi connectivity index (χ3n) is 3.16. The Morgan fingerprint density at radius 3 is 2.48 bits per heavy atom. The number of rotatable bonds is 3. The zero-order chi connectivity index (χ0) is 14.8. The van der Waals surface area contributed by atoms with Crippen LogP contribution < -0.4 is 4.74 Å². The number of nitrogens with zero attached hydrogens (tertiary/aromatic N) is 2. The van der Waals surface area contributed by atoms with Crippen LogP contribution in [0.2, 0.25) is 0 Å². The maximum atomic E-state index is 9.60. The molecule has 1 heterocycles. The lowest BCUT2D eigenvalue weighted by Gasteiger charge is -2.03. The molecule has 5 nitrogen and oxygen atoms in total. The van der Waals surface area contributed by atoms with E-state index in [4.69, 9.17) is 9.26 Å². The van der Waals surface area contributed by atoms with E-state index in [9.17, 15) is 5.11 Å². The van der Waals surface area contributed by atoms with E-state index in [-0.39, 0.29) is 5.75 Å². The van der Waals surface area contributed by atoms with Crippen LogP contribution >= 0.6 is 0 Å². The second kappa shape index (κ2) is 5.28. The van der Waals surface area contributed by atoms with Gasteiger partial charge in [-0.1, -0.05) is 35.0 Å². The van der Waals surface area contributed by atoms with Gasteiger partial charge < -0.3 is 14.4 Å². The molecule has 0 spiro atoms. The van der Waals surface area contributed by atoms with E-state index in [0.29, 0.717) is 23.0 Å². The zero-order valence-corrected chi connectivity index (χ0v) is 11.7. The Bertz CT molecular complexity index is 763. The number of aromatic hydroxyl groups is 1. The molecule has 0 aliphatic rings. The number of hydrogen-bond acceptors (Lipinski definition) is 5. The van der Waals surface area contributed by atoms with Crippen LogP contribution in [0, 0.1) is 6.92 Å². The highest BCUT2D eigenvalue weighted by Crippen LogP contribution is 2.31. The number of phenols is 1. The Morgan fingerprint density at radius 2 is 1.76 bits per heavy atom. The highest BCUT2D eigenvalue weighted by Gasteiger charge is 2.12. The van der Waals surface area contributed by atoms with E-state index in [1.165, 1.54) is 18.7 Å². The lowest BCUT2D eigenvalue weighted by atomic mass is 10.1. The Kier molecular flexibility index (Phi) is 3.31. The van der Waals surface area contributed by atoms with Crippen molar-refractivity contribution in [3.05, 3.63) is 48.0 Å². The Balaban J connectivity index is 1.96. The standard InChI is InChI=1S/C16H14N2O3/c1-10-3-5-11(6-4-10)15-17-16(21-18-15)12-7-8-13(19)14(9-12)20-2/h3-9,19H,1-2H3. The molecule has 0 saturated carbocycles. The topological polar surface area (TPSA) is 68.4 Å². The SMILES string of the molecule is COc1cc(-c2nc(-c3ccc(C)cc3)no2)ccc1O. The molecule has 1 N–H and O–H groups in total. The molecular formula is C16H14N2O3. The average Bonchev–Trinajstić information content (AvgIpc) is 2.98. The van der Waals surface area contributed by atoms with Gasteiger partial charge in [-0.25, -0.2) is 0 Å². The molecule has 0 unspecified atom stereocenters. The largest absolute Gasteiger partial charge is 0.504 e. The van der Waals surface area contributed by atoms with E-state index in [0.717, 1.165) is 5.56 Å². The van der Waals surface area contributed by atoms with Gasteiger partial charge in [0, 0.05) is 11.1 Å². The van der Waals surface area contributed by atoms with Crippen molar-refractivity contribution in [1.82, 2.24) is 10.1 Å². The smallest absolute Gasteiger partial charge is 0.258 e. The third kappa shape index (κ3) is 2.58. The summed E-state index contributed by atoms with van der Waals surface area (Å²) in [5.74, 6) is 1.34. The summed E-state index contributed by atoms with van der Waals surface area (Å²) in [4.78, 5) is 4.37. The number of aryl methyl sites for hydroxylation is 1. The molecule has 0 bridgehead atoms. The molecule has 0 amide bonds. The minimum absolute atomic E-state index is 0.0690. The van der Waals surface area contributed by atoms with Gasteiger partial charge in [0.2, 0.25) is 5.82 Å². The fraction of sp³-hybridized carbons (Fsp3) is 0.125. The number of ether oxygens (including phenoxy) is 1. The van der Waals surface area contributed by atoms with Crippen molar-refractivity contribution in [2.45, 2.75) is 6.92 Å². The normalized spacial score (nSPS) is 10.6. The van der Waals surface area contributed by atoms with Crippen LogP contribution in [0.25, 0.3) is 22.8 Å². The summed E-state index contributed by atoms with van der Waals surface area (Å²) >= 11 is 0. The Hall–Kier alpha value is -2.82. The lowest BCUT2D eigenvalue weighted by molar-refractivity contribution is 0.373. The molecule has 0 saturated heterocycles. The maximum absolute atomic E-state index is 9.60. The van der Waals surface area contributed by atoms with Gasteiger partial charge in [0.05, 0.1) is 7.11 Å². The fourth-order valence-corrected chi connectivity index (χ4v) is 1.97. The quantitative estimate of drug-likeness (QED) is 0.797. The predicted molar refractivity (Wildman–Crippen MR) is 78.1 cm³/mol. The summed E-state index contributed by atoms with van der Waals surface area (Å²) < 4.78 is 10.3. The number of phenolic OH excluding ortho intramolecular Hbond substituents is 1. The second-order valence-electron chi connectivity index (χ2n) is 4.68. The highest BCUT2D eigenvalue weighted by molar-refractivity contribution is 5.62. The molecule has 3 rings (SSSR count). The van der Waals surface area contributed by atoms with Crippen molar-refractivity contribution in [1.29, 1.82) is 0 Å². The van der Waals surface area contributed by atoms with Gasteiger partial charge in [-0.3, -0.25) is 0 Å². The number of aromatic nitrogens is 2. The van der Waals surface area contributed by atoms with Crippen molar-refractivity contribution < 1.29 is 14.4 Å². The summed E-state index contributed by atoms with van der Waals surface area (Å²) in [5.41, 5.74) is 2.75. The van der Waals surface area contributed by atoms with Gasteiger partial charge in [-0.2, -0.15) is 4.98 Å². The first-order valence-electron chi connectivity index (χ1n) is 6.45. The highest BCUT2D eigenvalue weighted by atomic mass is 16.5. The van der Waals surface area contributed by atoms with Gasteiger partial charge in [0.25, 0.3) is 5.89 Å². The molecule has 5 heteroatoms. The van der Waals surface area contributed by atoms with Gasteiger partial charge in [0.15, 0.2) is 11.5 Å². The molecule has 21 heavy (non-hydrogen) atoms. The Labute approximate surface area is 121 Å². The van der Waals surface area contributed by atoms with Crippen molar-refractivity contribution in [3.8, 4) is 34.3 Å². The summed E-state index contributed by atoms with van der Waals surface area (Å²) in [6.45, 7) is 2.02. The van der Waals surface area contributed by atoms with Gasteiger partial charge >= 0.3 is 0 Å².